The Kier molecular flexibility index (Phi) is 5.34. The summed E-state index contributed by atoms with van der Waals surface area (Å²) in [4.78, 5) is 15.3. The van der Waals surface area contributed by atoms with Gasteiger partial charge in [-0.05, 0) is 41.1 Å². The molecule has 27 heavy (non-hydrogen) atoms. The molecule has 0 radical (unpaired) electrons. The number of carbonyl (C=O) groups excluding carboxylic acids is 1. The van der Waals surface area contributed by atoms with Crippen molar-refractivity contribution in [3.05, 3.63) is 69.7 Å². The van der Waals surface area contributed by atoms with Gasteiger partial charge in [0.25, 0.3) is 5.91 Å². The van der Waals surface area contributed by atoms with E-state index >= 15 is 0 Å². The lowest BCUT2D eigenvalue weighted by atomic mass is 10.0. The molecule has 1 aliphatic heterocycles. The molecule has 0 atom stereocenters. The lowest BCUT2D eigenvalue weighted by molar-refractivity contribution is 0.102. The van der Waals surface area contributed by atoms with Crippen LogP contribution in [0.1, 0.15) is 10.4 Å². The van der Waals surface area contributed by atoms with E-state index in [2.05, 4.69) is 26.1 Å². The number of benzene rings is 3. The summed E-state index contributed by atoms with van der Waals surface area (Å²) in [6.45, 7) is 2.91. The van der Waals surface area contributed by atoms with Crippen LogP contribution in [0.25, 0.3) is 10.8 Å². The van der Waals surface area contributed by atoms with Crippen LogP contribution in [0.4, 0.5) is 11.4 Å². The molecule has 0 aromatic heterocycles. The van der Waals surface area contributed by atoms with E-state index in [0.29, 0.717) is 29.5 Å². The van der Waals surface area contributed by atoms with E-state index in [1.807, 2.05) is 48.5 Å². The standard InChI is InChI=1S/C21H18BrClN2O2/c22-18-6-2-3-15-16(18)4-1-5-17(15)21(26)24-19-13-14(23)7-8-20(19)25-9-11-27-12-10-25/h1-8,13H,9-12H2,(H,24,26). The molecule has 0 spiro atoms. The molecule has 0 unspecified atom stereocenters. The Balaban J connectivity index is 1.69. The van der Waals surface area contributed by atoms with Crippen molar-refractivity contribution < 1.29 is 9.53 Å². The van der Waals surface area contributed by atoms with E-state index in [1.54, 1.807) is 6.07 Å². The van der Waals surface area contributed by atoms with Crippen LogP contribution in [0.2, 0.25) is 5.02 Å². The van der Waals surface area contributed by atoms with Gasteiger partial charge in [-0.3, -0.25) is 4.79 Å². The molecular weight excluding hydrogens is 428 g/mol. The van der Waals surface area contributed by atoms with Crippen LogP contribution in [0.5, 0.6) is 0 Å². The molecule has 3 aromatic rings. The zero-order valence-corrected chi connectivity index (χ0v) is 16.9. The maximum atomic E-state index is 13.1. The van der Waals surface area contributed by atoms with Crippen molar-refractivity contribution in [1.29, 1.82) is 0 Å². The normalized spacial score (nSPS) is 14.4. The molecule has 0 bridgehead atoms. The quantitative estimate of drug-likeness (QED) is 0.591. The van der Waals surface area contributed by atoms with Crippen LogP contribution in [-0.4, -0.2) is 32.2 Å². The van der Waals surface area contributed by atoms with Crippen molar-refractivity contribution in [3.63, 3.8) is 0 Å². The van der Waals surface area contributed by atoms with Crippen LogP contribution < -0.4 is 10.2 Å². The van der Waals surface area contributed by atoms with E-state index in [0.717, 1.165) is 34.0 Å². The maximum absolute atomic E-state index is 13.1. The first-order chi connectivity index (χ1) is 13.1. The minimum Gasteiger partial charge on any atom is -0.378 e. The van der Waals surface area contributed by atoms with Gasteiger partial charge in [-0.25, -0.2) is 0 Å². The number of carbonyl (C=O) groups is 1. The Hall–Kier alpha value is -2.08. The molecule has 0 aliphatic carbocycles. The zero-order chi connectivity index (χ0) is 18.8. The number of nitrogens with zero attached hydrogens (tertiary/aromatic N) is 1. The minimum atomic E-state index is -0.157. The molecule has 3 aromatic carbocycles. The highest BCUT2D eigenvalue weighted by atomic mass is 79.9. The number of amides is 1. The molecule has 1 heterocycles. The number of rotatable bonds is 3. The molecule has 1 N–H and O–H groups in total. The van der Waals surface area contributed by atoms with Gasteiger partial charge in [0.2, 0.25) is 0 Å². The number of anilines is 2. The first kappa shape index (κ1) is 18.3. The molecule has 1 aliphatic rings. The van der Waals surface area contributed by atoms with Crippen LogP contribution in [0.15, 0.2) is 59.1 Å². The summed E-state index contributed by atoms with van der Waals surface area (Å²) < 4.78 is 6.40. The second kappa shape index (κ2) is 7.89. The van der Waals surface area contributed by atoms with E-state index in [-0.39, 0.29) is 5.91 Å². The Morgan fingerprint density at radius 2 is 1.78 bits per heavy atom. The molecule has 1 fully saturated rings. The average Bonchev–Trinajstić information content (AvgIpc) is 2.69. The van der Waals surface area contributed by atoms with E-state index < -0.39 is 0 Å². The van der Waals surface area contributed by atoms with Crippen molar-refractivity contribution in [1.82, 2.24) is 0 Å². The van der Waals surface area contributed by atoms with Crippen molar-refractivity contribution >= 4 is 55.6 Å². The Bertz CT molecular complexity index is 1000. The van der Waals surface area contributed by atoms with Crippen molar-refractivity contribution in [2.75, 3.05) is 36.5 Å². The molecule has 0 saturated carbocycles. The van der Waals surface area contributed by atoms with Gasteiger partial charge in [0.1, 0.15) is 0 Å². The lowest BCUT2D eigenvalue weighted by Gasteiger charge is -2.30. The fourth-order valence-corrected chi connectivity index (χ4v) is 4.02. The summed E-state index contributed by atoms with van der Waals surface area (Å²) in [5.74, 6) is -0.157. The first-order valence-corrected chi connectivity index (χ1v) is 9.91. The number of fused-ring (bicyclic) bond motifs is 1. The Morgan fingerprint density at radius 1 is 1.04 bits per heavy atom. The van der Waals surface area contributed by atoms with Gasteiger partial charge >= 0.3 is 0 Å². The molecule has 4 rings (SSSR count). The summed E-state index contributed by atoms with van der Waals surface area (Å²) in [5, 5.41) is 5.55. The monoisotopic (exact) mass is 444 g/mol. The van der Waals surface area contributed by atoms with Crippen molar-refractivity contribution in [2.24, 2.45) is 0 Å². The number of nitrogens with one attached hydrogen (secondary N) is 1. The molecule has 4 nitrogen and oxygen atoms in total. The largest absolute Gasteiger partial charge is 0.378 e. The van der Waals surface area contributed by atoms with Gasteiger partial charge in [-0.15, -0.1) is 0 Å². The molecule has 1 amide bonds. The van der Waals surface area contributed by atoms with Gasteiger partial charge < -0.3 is 15.0 Å². The first-order valence-electron chi connectivity index (χ1n) is 8.74. The maximum Gasteiger partial charge on any atom is 0.256 e. The molecular formula is C21H18BrClN2O2. The zero-order valence-electron chi connectivity index (χ0n) is 14.5. The summed E-state index contributed by atoms with van der Waals surface area (Å²) >= 11 is 9.75. The van der Waals surface area contributed by atoms with E-state index in [9.17, 15) is 4.79 Å². The summed E-state index contributed by atoms with van der Waals surface area (Å²) in [7, 11) is 0. The average molecular weight is 446 g/mol. The predicted molar refractivity (Wildman–Crippen MR) is 114 cm³/mol. The van der Waals surface area contributed by atoms with Crippen LogP contribution in [0.3, 0.4) is 0 Å². The van der Waals surface area contributed by atoms with Crippen LogP contribution >= 0.6 is 27.5 Å². The van der Waals surface area contributed by atoms with Gasteiger partial charge in [0.05, 0.1) is 24.6 Å². The van der Waals surface area contributed by atoms with Crippen LogP contribution in [0, 0.1) is 0 Å². The van der Waals surface area contributed by atoms with Gasteiger partial charge in [0.15, 0.2) is 0 Å². The third-order valence-electron chi connectivity index (χ3n) is 4.67. The van der Waals surface area contributed by atoms with Gasteiger partial charge in [-0.2, -0.15) is 0 Å². The highest BCUT2D eigenvalue weighted by Crippen LogP contribution is 2.32. The summed E-state index contributed by atoms with van der Waals surface area (Å²) in [6.07, 6.45) is 0. The highest BCUT2D eigenvalue weighted by molar-refractivity contribution is 9.10. The predicted octanol–water partition coefficient (Wildman–Crippen LogP) is 5.34. The SMILES string of the molecule is O=C(Nc1cc(Cl)ccc1N1CCOCC1)c1cccc2c(Br)cccc12. The Labute approximate surface area is 171 Å². The number of hydrogen-bond donors (Lipinski definition) is 1. The third-order valence-corrected chi connectivity index (χ3v) is 5.60. The third kappa shape index (κ3) is 3.81. The number of halogens is 2. The smallest absolute Gasteiger partial charge is 0.256 e. The van der Waals surface area contributed by atoms with Crippen molar-refractivity contribution in [3.8, 4) is 0 Å². The van der Waals surface area contributed by atoms with E-state index in [4.69, 9.17) is 16.3 Å². The second-order valence-electron chi connectivity index (χ2n) is 6.36. The second-order valence-corrected chi connectivity index (χ2v) is 7.65. The van der Waals surface area contributed by atoms with Gasteiger partial charge in [0, 0.05) is 28.1 Å². The van der Waals surface area contributed by atoms with Crippen molar-refractivity contribution in [2.45, 2.75) is 0 Å². The number of hydrogen-bond acceptors (Lipinski definition) is 3. The minimum absolute atomic E-state index is 0.157. The number of ether oxygens (including phenoxy) is 1. The molecule has 138 valence electrons. The van der Waals surface area contributed by atoms with E-state index in [1.165, 1.54) is 0 Å². The summed E-state index contributed by atoms with van der Waals surface area (Å²) in [6, 6.07) is 17.2. The molecule has 6 heteroatoms. The van der Waals surface area contributed by atoms with Gasteiger partial charge in [-0.1, -0.05) is 51.8 Å². The summed E-state index contributed by atoms with van der Waals surface area (Å²) in [5.41, 5.74) is 2.29. The Morgan fingerprint density at radius 3 is 2.59 bits per heavy atom. The number of morpholine rings is 1. The highest BCUT2D eigenvalue weighted by Gasteiger charge is 2.18. The fourth-order valence-electron chi connectivity index (χ4n) is 3.35. The topological polar surface area (TPSA) is 41.6 Å². The molecule has 1 saturated heterocycles. The lowest BCUT2D eigenvalue weighted by Crippen LogP contribution is -2.36. The van der Waals surface area contributed by atoms with Crippen LogP contribution in [-0.2, 0) is 4.74 Å². The fraction of sp³-hybridized carbons (Fsp3) is 0.190.